The lowest BCUT2D eigenvalue weighted by atomic mass is 10.0. The maximum absolute atomic E-state index is 13.2. The van der Waals surface area contributed by atoms with Crippen molar-refractivity contribution in [1.82, 2.24) is 0 Å². The molecule has 1 aliphatic rings. The van der Waals surface area contributed by atoms with Crippen LogP contribution in [0.25, 0.3) is 0 Å². The molecule has 70 valence electrons. The SMILES string of the molecule is Cc1cccc(F)c1[C@H]1CC1(F)F. The fraction of sp³-hybridized carbons (Fsp3) is 0.400. The summed E-state index contributed by atoms with van der Waals surface area (Å²) in [4.78, 5) is 0. The van der Waals surface area contributed by atoms with Gasteiger partial charge in [-0.05, 0) is 18.6 Å². The van der Waals surface area contributed by atoms with E-state index in [1.165, 1.54) is 12.1 Å². The second-order valence-corrected chi connectivity index (χ2v) is 3.49. The fourth-order valence-electron chi connectivity index (χ4n) is 1.61. The van der Waals surface area contributed by atoms with Crippen LogP contribution in [0.15, 0.2) is 18.2 Å². The van der Waals surface area contributed by atoms with Gasteiger partial charge in [-0.15, -0.1) is 0 Å². The lowest BCUT2D eigenvalue weighted by molar-refractivity contribution is 0.111. The van der Waals surface area contributed by atoms with E-state index in [1.54, 1.807) is 13.0 Å². The Morgan fingerprint density at radius 1 is 1.38 bits per heavy atom. The Morgan fingerprint density at radius 3 is 2.46 bits per heavy atom. The third-order valence-corrected chi connectivity index (χ3v) is 2.45. The highest BCUT2D eigenvalue weighted by molar-refractivity contribution is 5.37. The van der Waals surface area contributed by atoms with Crippen molar-refractivity contribution in [3.05, 3.63) is 35.1 Å². The Balaban J connectivity index is 2.41. The van der Waals surface area contributed by atoms with Crippen molar-refractivity contribution >= 4 is 0 Å². The third-order valence-electron chi connectivity index (χ3n) is 2.45. The lowest BCUT2D eigenvalue weighted by Gasteiger charge is -2.05. The minimum atomic E-state index is -2.69. The van der Waals surface area contributed by atoms with Crippen molar-refractivity contribution in [2.75, 3.05) is 0 Å². The predicted molar refractivity (Wildman–Crippen MR) is 43.4 cm³/mol. The number of rotatable bonds is 1. The van der Waals surface area contributed by atoms with Gasteiger partial charge in [-0.1, -0.05) is 12.1 Å². The molecule has 0 saturated heterocycles. The van der Waals surface area contributed by atoms with Crippen molar-refractivity contribution < 1.29 is 13.2 Å². The minimum absolute atomic E-state index is 0.188. The van der Waals surface area contributed by atoms with E-state index >= 15 is 0 Å². The number of halogens is 3. The standard InChI is InChI=1S/C10H9F3/c1-6-3-2-4-8(11)9(6)7-5-10(7,12)13/h2-4,7H,5H2,1H3/t7-/m1/s1. The Bertz CT molecular complexity index is 324. The first kappa shape index (κ1) is 8.60. The summed E-state index contributed by atoms with van der Waals surface area (Å²) < 4.78 is 38.5. The summed E-state index contributed by atoms with van der Waals surface area (Å²) >= 11 is 0. The average Bonchev–Trinajstić information content (AvgIpc) is 2.59. The van der Waals surface area contributed by atoms with Gasteiger partial charge in [-0.2, -0.15) is 0 Å². The largest absolute Gasteiger partial charge is 0.256 e. The summed E-state index contributed by atoms with van der Waals surface area (Å²) in [7, 11) is 0. The molecule has 1 aliphatic carbocycles. The van der Waals surface area contributed by atoms with Crippen molar-refractivity contribution in [2.45, 2.75) is 25.2 Å². The van der Waals surface area contributed by atoms with Crippen LogP contribution in [0, 0.1) is 12.7 Å². The number of hydrogen-bond donors (Lipinski definition) is 0. The predicted octanol–water partition coefficient (Wildman–Crippen LogP) is 3.26. The molecule has 0 nitrogen and oxygen atoms in total. The summed E-state index contributed by atoms with van der Waals surface area (Å²) in [5.74, 6) is -4.09. The fourth-order valence-corrected chi connectivity index (χ4v) is 1.61. The summed E-state index contributed by atoms with van der Waals surface area (Å²) in [5, 5.41) is 0. The molecule has 0 amide bonds. The summed E-state index contributed by atoms with van der Waals surface area (Å²) in [6, 6.07) is 4.43. The van der Waals surface area contributed by atoms with Crippen molar-refractivity contribution in [2.24, 2.45) is 0 Å². The van der Waals surface area contributed by atoms with Gasteiger partial charge in [0.05, 0.1) is 5.92 Å². The molecule has 0 spiro atoms. The van der Waals surface area contributed by atoms with E-state index in [0.717, 1.165) is 0 Å². The zero-order chi connectivity index (χ0) is 9.64. The molecule has 0 aliphatic heterocycles. The quantitative estimate of drug-likeness (QED) is 0.631. The Kier molecular flexibility index (Phi) is 1.65. The van der Waals surface area contributed by atoms with E-state index in [0.29, 0.717) is 5.56 Å². The van der Waals surface area contributed by atoms with E-state index in [1.807, 2.05) is 0 Å². The Labute approximate surface area is 74.4 Å². The molecule has 0 N–H and O–H groups in total. The van der Waals surface area contributed by atoms with Crippen LogP contribution in [-0.4, -0.2) is 5.92 Å². The summed E-state index contributed by atoms with van der Waals surface area (Å²) in [6.07, 6.45) is -0.214. The van der Waals surface area contributed by atoms with Gasteiger partial charge in [-0.25, -0.2) is 13.2 Å². The monoisotopic (exact) mass is 186 g/mol. The van der Waals surface area contributed by atoms with Gasteiger partial charge in [0.2, 0.25) is 0 Å². The normalized spacial score (nSPS) is 24.5. The van der Waals surface area contributed by atoms with Gasteiger partial charge in [0, 0.05) is 12.0 Å². The molecule has 0 aromatic heterocycles. The van der Waals surface area contributed by atoms with E-state index in [4.69, 9.17) is 0 Å². The highest BCUT2D eigenvalue weighted by atomic mass is 19.3. The molecule has 1 saturated carbocycles. The molecule has 1 fully saturated rings. The zero-order valence-electron chi connectivity index (χ0n) is 7.15. The summed E-state index contributed by atoms with van der Waals surface area (Å²) in [5.41, 5.74) is 0.801. The molecule has 0 unspecified atom stereocenters. The molecule has 3 heteroatoms. The van der Waals surface area contributed by atoms with Crippen LogP contribution in [0.3, 0.4) is 0 Å². The van der Waals surface area contributed by atoms with Crippen LogP contribution in [0.4, 0.5) is 13.2 Å². The number of hydrogen-bond acceptors (Lipinski definition) is 0. The maximum Gasteiger partial charge on any atom is 0.256 e. The molecule has 13 heavy (non-hydrogen) atoms. The van der Waals surface area contributed by atoms with Crippen molar-refractivity contribution in [1.29, 1.82) is 0 Å². The Hall–Kier alpha value is -0.990. The highest BCUT2D eigenvalue weighted by Gasteiger charge is 2.58. The number of benzene rings is 1. The molecule has 0 bridgehead atoms. The van der Waals surface area contributed by atoms with E-state index in [2.05, 4.69) is 0 Å². The molecule has 2 rings (SSSR count). The number of alkyl halides is 2. The first-order valence-corrected chi connectivity index (χ1v) is 4.15. The molecule has 1 aromatic rings. The second-order valence-electron chi connectivity index (χ2n) is 3.49. The molecule has 0 radical (unpaired) electrons. The first-order chi connectivity index (χ1) is 6.02. The zero-order valence-corrected chi connectivity index (χ0v) is 7.15. The second kappa shape index (κ2) is 2.50. The molecule has 1 aromatic carbocycles. The van der Waals surface area contributed by atoms with Gasteiger partial charge >= 0.3 is 0 Å². The highest BCUT2D eigenvalue weighted by Crippen LogP contribution is 2.56. The van der Waals surface area contributed by atoms with Crippen molar-refractivity contribution in [3.8, 4) is 0 Å². The molecular weight excluding hydrogens is 177 g/mol. The maximum atomic E-state index is 13.2. The van der Waals surface area contributed by atoms with Crippen LogP contribution < -0.4 is 0 Å². The molecule has 1 atom stereocenters. The smallest absolute Gasteiger partial charge is 0.207 e. The molecule has 0 heterocycles. The van der Waals surface area contributed by atoms with Crippen molar-refractivity contribution in [3.63, 3.8) is 0 Å². The van der Waals surface area contributed by atoms with Crippen LogP contribution in [0.5, 0.6) is 0 Å². The average molecular weight is 186 g/mol. The van der Waals surface area contributed by atoms with Crippen LogP contribution in [0.2, 0.25) is 0 Å². The number of aryl methyl sites for hydroxylation is 1. The Morgan fingerprint density at radius 2 is 2.00 bits per heavy atom. The van der Waals surface area contributed by atoms with E-state index < -0.39 is 17.7 Å². The van der Waals surface area contributed by atoms with E-state index in [9.17, 15) is 13.2 Å². The van der Waals surface area contributed by atoms with Gasteiger partial charge < -0.3 is 0 Å². The lowest BCUT2D eigenvalue weighted by Crippen LogP contribution is -1.98. The van der Waals surface area contributed by atoms with Gasteiger partial charge in [0.15, 0.2) is 0 Å². The van der Waals surface area contributed by atoms with Crippen LogP contribution in [-0.2, 0) is 0 Å². The van der Waals surface area contributed by atoms with E-state index in [-0.39, 0.29) is 12.0 Å². The summed E-state index contributed by atoms with van der Waals surface area (Å²) in [6.45, 7) is 1.66. The topological polar surface area (TPSA) is 0 Å². The molecular formula is C10H9F3. The van der Waals surface area contributed by atoms with Gasteiger partial charge in [0.25, 0.3) is 5.92 Å². The van der Waals surface area contributed by atoms with Gasteiger partial charge in [-0.3, -0.25) is 0 Å². The minimum Gasteiger partial charge on any atom is -0.207 e. The van der Waals surface area contributed by atoms with Crippen LogP contribution in [0.1, 0.15) is 23.5 Å². The third kappa shape index (κ3) is 1.32. The van der Waals surface area contributed by atoms with Gasteiger partial charge in [0.1, 0.15) is 5.82 Å². The first-order valence-electron chi connectivity index (χ1n) is 4.15. The van der Waals surface area contributed by atoms with Crippen LogP contribution >= 0.6 is 0 Å².